The molecule has 362 valence electrons. The molecule has 11 N–H and O–H groups in total. The van der Waals surface area contributed by atoms with E-state index in [-0.39, 0.29) is 35.6 Å². The van der Waals surface area contributed by atoms with Gasteiger partial charge < -0.3 is 89.3 Å². The Morgan fingerprint density at radius 1 is 0.635 bits per heavy atom. The first-order chi connectivity index (χ1) is 29.9. The van der Waals surface area contributed by atoms with E-state index in [0.29, 0.717) is 29.6 Å². The molecule has 0 radical (unpaired) electrons. The summed E-state index contributed by atoms with van der Waals surface area (Å²) >= 11 is 0. The molecule has 8 rings (SSSR count). The number of ether oxygens (including phenoxy) is 7. The van der Waals surface area contributed by atoms with Gasteiger partial charge in [0.15, 0.2) is 18.9 Å². The highest BCUT2D eigenvalue weighted by Gasteiger charge is 2.65. The Bertz CT molecular complexity index is 1580. The van der Waals surface area contributed by atoms with E-state index in [2.05, 4.69) is 27.7 Å². The van der Waals surface area contributed by atoms with Crippen molar-refractivity contribution in [2.75, 3.05) is 26.4 Å². The lowest BCUT2D eigenvalue weighted by atomic mass is 9.44. The van der Waals surface area contributed by atoms with Crippen LogP contribution in [0.2, 0.25) is 0 Å². The number of aliphatic hydroxyl groups excluding tert-OH is 11. The molecule has 0 aromatic heterocycles. The van der Waals surface area contributed by atoms with Crippen molar-refractivity contribution in [3.05, 3.63) is 11.3 Å². The number of hydrogen-bond acceptors (Lipinski definition) is 18. The zero-order valence-corrected chi connectivity index (χ0v) is 37.0. The smallest absolute Gasteiger partial charge is 0.187 e. The molecule has 25 atom stereocenters. The van der Waals surface area contributed by atoms with Crippen LogP contribution in [0, 0.1) is 46.3 Å². The summed E-state index contributed by atoms with van der Waals surface area (Å²) in [4.78, 5) is 0. The zero-order chi connectivity index (χ0) is 45.3. The van der Waals surface area contributed by atoms with Gasteiger partial charge in [0.1, 0.15) is 79.4 Å². The second-order valence-electron chi connectivity index (χ2n) is 20.9. The fraction of sp³-hybridized carbons (Fsp3) is 0.956. The van der Waals surface area contributed by atoms with Gasteiger partial charge in [-0.3, -0.25) is 0 Å². The molecule has 0 amide bonds. The van der Waals surface area contributed by atoms with Crippen LogP contribution in [-0.2, 0) is 33.2 Å². The summed E-state index contributed by atoms with van der Waals surface area (Å²) in [5, 5.41) is 113. The van der Waals surface area contributed by atoms with Gasteiger partial charge in [-0.05, 0) is 111 Å². The van der Waals surface area contributed by atoms with Crippen LogP contribution in [0.4, 0.5) is 0 Å². The molecular formula is C45H74O18. The summed E-state index contributed by atoms with van der Waals surface area (Å²) in [7, 11) is 0. The zero-order valence-electron chi connectivity index (χ0n) is 37.0. The van der Waals surface area contributed by atoms with E-state index in [4.69, 9.17) is 33.2 Å². The summed E-state index contributed by atoms with van der Waals surface area (Å²) in [6.07, 6.45) is -12.1. The Morgan fingerprint density at radius 2 is 1.22 bits per heavy atom. The van der Waals surface area contributed by atoms with Crippen molar-refractivity contribution in [3.63, 3.8) is 0 Å². The van der Waals surface area contributed by atoms with Gasteiger partial charge in [0.2, 0.25) is 0 Å². The number of hydrogen-bond donors (Lipinski definition) is 11. The normalized spacial score (nSPS) is 52.7. The molecule has 0 bridgehead atoms. The monoisotopic (exact) mass is 902 g/mol. The number of fused-ring (bicyclic) bond motifs is 7. The first-order valence-corrected chi connectivity index (χ1v) is 23.5. The maximum absolute atomic E-state index is 11.2. The molecule has 4 heterocycles. The van der Waals surface area contributed by atoms with Crippen LogP contribution in [0.25, 0.3) is 0 Å². The largest absolute Gasteiger partial charge is 0.494 e. The third-order valence-electron chi connectivity index (χ3n) is 17.4. The summed E-state index contributed by atoms with van der Waals surface area (Å²) in [5.74, 6) is 3.56. The van der Waals surface area contributed by atoms with Crippen LogP contribution in [-0.4, -0.2) is 187 Å². The maximum Gasteiger partial charge on any atom is 0.187 e. The molecule has 0 aromatic carbocycles. The summed E-state index contributed by atoms with van der Waals surface area (Å²) in [6, 6.07) is 0. The lowest BCUT2D eigenvalue weighted by molar-refractivity contribution is -0.373. The lowest BCUT2D eigenvalue weighted by Gasteiger charge is -2.61. The Balaban J connectivity index is 0.872. The average molecular weight is 903 g/mol. The van der Waals surface area contributed by atoms with E-state index in [1.807, 2.05) is 0 Å². The van der Waals surface area contributed by atoms with Gasteiger partial charge in [0.05, 0.1) is 38.3 Å². The molecule has 3 saturated heterocycles. The highest BCUT2D eigenvalue weighted by molar-refractivity contribution is 5.26. The molecule has 0 aromatic rings. The van der Waals surface area contributed by atoms with Crippen LogP contribution < -0.4 is 0 Å². The summed E-state index contributed by atoms with van der Waals surface area (Å²) < 4.78 is 42.2. The first kappa shape index (κ1) is 48.3. The molecule has 4 aliphatic carbocycles. The van der Waals surface area contributed by atoms with Crippen LogP contribution in [0.3, 0.4) is 0 Å². The van der Waals surface area contributed by atoms with E-state index in [1.54, 1.807) is 0 Å². The minimum atomic E-state index is -1.74. The second-order valence-corrected chi connectivity index (χ2v) is 20.9. The minimum absolute atomic E-state index is 0.0928. The SMILES string of the molecule is CC1=C(CC[C@@H](C)CO[C@@H]2O[C@H](CO)[C@@H](O)[C@H](O)[C@H]2O)O[C@H]2C[C@H]3[C@@H]4CC[C@@H]5C[C@@H](O[C@@H]6O[C@H](CO)[C@@H](O)[C@H](O)[C@H]6O[C@@H]6O[C@H](CO)[C@@H](O)[C@H](O)[C@H]6O)CC[C@]5(C)[C@H]4CC[C@]3(C)[C@@H]12. The molecule has 4 saturated carbocycles. The average Bonchev–Trinajstić information content (AvgIpc) is 3.76. The Morgan fingerprint density at radius 3 is 1.87 bits per heavy atom. The van der Waals surface area contributed by atoms with Crippen molar-refractivity contribution >= 4 is 0 Å². The molecule has 7 fully saturated rings. The molecule has 0 unspecified atom stereocenters. The topological polar surface area (TPSA) is 287 Å². The number of aliphatic hydroxyl groups is 11. The van der Waals surface area contributed by atoms with Crippen LogP contribution in [0.5, 0.6) is 0 Å². The van der Waals surface area contributed by atoms with E-state index < -0.39 is 112 Å². The highest BCUT2D eigenvalue weighted by Crippen LogP contribution is 2.70. The van der Waals surface area contributed by atoms with Crippen molar-refractivity contribution in [1.82, 2.24) is 0 Å². The van der Waals surface area contributed by atoms with E-state index >= 15 is 0 Å². The van der Waals surface area contributed by atoms with Gasteiger partial charge in [-0.2, -0.15) is 0 Å². The Hall–Kier alpha value is -1.14. The van der Waals surface area contributed by atoms with Crippen molar-refractivity contribution in [3.8, 4) is 0 Å². The predicted octanol–water partition coefficient (Wildman–Crippen LogP) is -0.830. The molecule has 18 nitrogen and oxygen atoms in total. The Kier molecular flexibility index (Phi) is 14.6. The third kappa shape index (κ3) is 8.68. The maximum atomic E-state index is 11.2. The van der Waals surface area contributed by atoms with Crippen molar-refractivity contribution in [2.45, 2.75) is 196 Å². The molecule has 0 spiro atoms. The summed E-state index contributed by atoms with van der Waals surface area (Å²) in [6.45, 7) is 7.74. The second kappa shape index (κ2) is 19.1. The molecule has 63 heavy (non-hydrogen) atoms. The van der Waals surface area contributed by atoms with Gasteiger partial charge >= 0.3 is 0 Å². The van der Waals surface area contributed by atoms with Crippen molar-refractivity contribution in [2.24, 2.45) is 46.3 Å². The van der Waals surface area contributed by atoms with E-state index in [1.165, 1.54) is 5.57 Å². The van der Waals surface area contributed by atoms with Crippen molar-refractivity contribution in [1.29, 1.82) is 0 Å². The van der Waals surface area contributed by atoms with Crippen LogP contribution in [0.15, 0.2) is 11.3 Å². The van der Waals surface area contributed by atoms with Gasteiger partial charge in [0.25, 0.3) is 0 Å². The number of allylic oxidation sites excluding steroid dienone is 1. The van der Waals surface area contributed by atoms with Crippen molar-refractivity contribution < 1.29 is 89.3 Å². The molecule has 4 aliphatic heterocycles. The fourth-order valence-electron chi connectivity index (χ4n) is 13.7. The molecule has 8 aliphatic rings. The lowest BCUT2D eigenvalue weighted by Crippen LogP contribution is -2.65. The Labute approximate surface area is 369 Å². The number of rotatable bonds is 13. The van der Waals surface area contributed by atoms with Gasteiger partial charge in [-0.15, -0.1) is 0 Å². The fourth-order valence-corrected chi connectivity index (χ4v) is 13.7. The van der Waals surface area contributed by atoms with E-state index in [9.17, 15) is 56.2 Å². The summed E-state index contributed by atoms with van der Waals surface area (Å²) in [5.41, 5.74) is 1.57. The third-order valence-corrected chi connectivity index (χ3v) is 17.4. The van der Waals surface area contributed by atoms with Crippen LogP contribution in [0.1, 0.15) is 91.9 Å². The standard InChI is InChI=1S/C45H74O18/c1-19(18-57-41-38(55)35(52)32(49)28(15-46)60-41)5-8-26-20(2)31-27(59-26)14-25-23-7-6-21-13-22(9-11-44(21,3)24(23)10-12-45(25,31)4)58-43-40(37(54)34(51)30(17-48)62-43)63-42-39(56)36(53)33(50)29(16-47)61-42/h19,21-25,27-43,46-56H,5-18H2,1-4H3/t19-,21-,22+,23-,24+,25+,27+,28-,29-,30-,31+,32-,33-,34-,35+,36+,37+,38-,39-,40-,41-,42+,43-,44+,45+/m1/s1. The van der Waals surface area contributed by atoms with Gasteiger partial charge in [0, 0.05) is 12.3 Å². The minimum Gasteiger partial charge on any atom is -0.494 e. The van der Waals surface area contributed by atoms with Crippen LogP contribution >= 0.6 is 0 Å². The highest BCUT2D eigenvalue weighted by atomic mass is 16.8. The van der Waals surface area contributed by atoms with Gasteiger partial charge in [-0.25, -0.2) is 0 Å². The quantitative estimate of drug-likeness (QED) is 0.101. The van der Waals surface area contributed by atoms with E-state index in [0.717, 1.165) is 70.0 Å². The first-order valence-electron chi connectivity index (χ1n) is 23.5. The molecular weight excluding hydrogens is 828 g/mol. The predicted molar refractivity (Wildman–Crippen MR) is 218 cm³/mol. The molecule has 18 heteroatoms. The van der Waals surface area contributed by atoms with Gasteiger partial charge in [-0.1, -0.05) is 20.8 Å².